The Hall–Kier alpha value is -2.68. The zero-order valence-corrected chi connectivity index (χ0v) is 14.7. The van der Waals surface area contributed by atoms with Gasteiger partial charge in [-0.2, -0.15) is 5.12 Å². The number of carbonyl (C=O) groups excluding carboxylic acids is 2. The number of carboxylic acids is 1. The van der Waals surface area contributed by atoms with Crippen molar-refractivity contribution >= 4 is 18.3 Å². The summed E-state index contributed by atoms with van der Waals surface area (Å²) >= 11 is 0. The highest BCUT2D eigenvalue weighted by molar-refractivity contribution is 5.78. The maximum atomic E-state index is 12.4. The number of nitrogens with one attached hydrogen (secondary N) is 1. The van der Waals surface area contributed by atoms with Crippen molar-refractivity contribution in [1.82, 2.24) is 10.4 Å². The van der Waals surface area contributed by atoms with Gasteiger partial charge in [-0.25, -0.2) is 4.79 Å². The standard InChI is InChI=1S/C9H10O3.C6H11FN2O2.CH5N/c1-7-2-4-8(5-3-7)12-6-9(10)11;1-2-3-9(7)6(11)4-8-5-10;1-2/h2-5H,6H2,1H3,(H,10,11);5H,2-4H2,1H3,(H,8,10);2H2,1H3. The molecule has 0 aromatic heterocycles. The van der Waals surface area contributed by atoms with Gasteiger partial charge < -0.3 is 20.9 Å². The van der Waals surface area contributed by atoms with Crippen LogP contribution in [0.1, 0.15) is 18.9 Å². The lowest BCUT2D eigenvalue weighted by molar-refractivity contribution is -0.145. The number of hydrogen-bond acceptors (Lipinski definition) is 5. The molecule has 9 heteroatoms. The average Bonchev–Trinajstić information content (AvgIpc) is 2.61. The van der Waals surface area contributed by atoms with E-state index in [9.17, 15) is 18.9 Å². The molecule has 1 rings (SSSR count). The molecular formula is C16H26FN3O5. The van der Waals surface area contributed by atoms with Gasteiger partial charge in [0.2, 0.25) is 6.41 Å². The molecule has 8 nitrogen and oxygen atoms in total. The van der Waals surface area contributed by atoms with Crippen LogP contribution in [0.25, 0.3) is 0 Å². The van der Waals surface area contributed by atoms with Crippen molar-refractivity contribution in [1.29, 1.82) is 0 Å². The SMILES string of the molecule is CCCN(F)C(=O)CNC=O.CN.Cc1ccc(OCC(=O)O)cc1. The molecule has 0 radical (unpaired) electrons. The summed E-state index contributed by atoms with van der Waals surface area (Å²) < 4.78 is 17.4. The molecule has 0 saturated heterocycles. The zero-order valence-electron chi connectivity index (χ0n) is 14.7. The van der Waals surface area contributed by atoms with Gasteiger partial charge in [0.1, 0.15) is 5.75 Å². The van der Waals surface area contributed by atoms with E-state index in [-0.39, 0.29) is 24.8 Å². The molecule has 0 bridgehead atoms. The number of ether oxygens (including phenoxy) is 1. The van der Waals surface area contributed by atoms with Crippen LogP contribution in [0.15, 0.2) is 24.3 Å². The van der Waals surface area contributed by atoms with Crippen molar-refractivity contribution in [3.8, 4) is 5.75 Å². The van der Waals surface area contributed by atoms with Gasteiger partial charge in [-0.15, -0.1) is 0 Å². The van der Waals surface area contributed by atoms with Crippen LogP contribution in [-0.4, -0.2) is 55.3 Å². The van der Waals surface area contributed by atoms with E-state index in [4.69, 9.17) is 9.84 Å². The van der Waals surface area contributed by atoms with Crippen molar-refractivity contribution in [2.24, 2.45) is 5.73 Å². The molecule has 0 atom stereocenters. The van der Waals surface area contributed by atoms with Gasteiger partial charge in [0.05, 0.1) is 13.1 Å². The van der Waals surface area contributed by atoms with Crippen LogP contribution >= 0.6 is 0 Å². The molecule has 1 aromatic carbocycles. The smallest absolute Gasteiger partial charge is 0.341 e. The number of nitrogens with two attached hydrogens (primary N) is 1. The lowest BCUT2D eigenvalue weighted by Crippen LogP contribution is -2.32. The Bertz CT molecular complexity index is 497. The maximum absolute atomic E-state index is 12.4. The summed E-state index contributed by atoms with van der Waals surface area (Å²) in [7, 11) is 1.50. The summed E-state index contributed by atoms with van der Waals surface area (Å²) in [6.07, 6.45) is 0.918. The van der Waals surface area contributed by atoms with Gasteiger partial charge >= 0.3 is 5.97 Å². The van der Waals surface area contributed by atoms with Crippen LogP contribution in [0.2, 0.25) is 0 Å². The fourth-order valence-corrected chi connectivity index (χ4v) is 1.32. The monoisotopic (exact) mass is 359 g/mol. The number of benzene rings is 1. The highest BCUT2D eigenvalue weighted by Crippen LogP contribution is 2.10. The molecule has 2 amide bonds. The van der Waals surface area contributed by atoms with Crippen LogP contribution in [0.5, 0.6) is 5.75 Å². The first-order chi connectivity index (χ1) is 11.9. The number of aliphatic carboxylic acids is 1. The summed E-state index contributed by atoms with van der Waals surface area (Å²) in [5, 5.41) is 10.5. The van der Waals surface area contributed by atoms with Crippen LogP contribution in [0, 0.1) is 6.92 Å². The van der Waals surface area contributed by atoms with E-state index < -0.39 is 11.9 Å². The number of halogens is 1. The Morgan fingerprint density at radius 1 is 1.32 bits per heavy atom. The van der Waals surface area contributed by atoms with Gasteiger partial charge in [-0.3, -0.25) is 9.59 Å². The molecule has 1 aromatic rings. The first kappa shape index (κ1) is 24.6. The average molecular weight is 359 g/mol. The van der Waals surface area contributed by atoms with E-state index in [1.54, 1.807) is 19.1 Å². The second-order valence-corrected chi connectivity index (χ2v) is 4.47. The van der Waals surface area contributed by atoms with Crippen molar-refractivity contribution in [3.05, 3.63) is 29.8 Å². The predicted molar refractivity (Wildman–Crippen MR) is 91.6 cm³/mol. The second-order valence-electron chi connectivity index (χ2n) is 4.47. The Kier molecular flexibility index (Phi) is 15.9. The minimum Gasteiger partial charge on any atom is -0.482 e. The quantitative estimate of drug-likeness (QED) is 0.468. The highest BCUT2D eigenvalue weighted by atomic mass is 19.2. The highest BCUT2D eigenvalue weighted by Gasteiger charge is 2.09. The molecule has 4 N–H and O–H groups in total. The van der Waals surface area contributed by atoms with E-state index in [0.717, 1.165) is 5.56 Å². The summed E-state index contributed by atoms with van der Waals surface area (Å²) in [6.45, 7) is 3.22. The van der Waals surface area contributed by atoms with E-state index in [1.165, 1.54) is 7.05 Å². The van der Waals surface area contributed by atoms with E-state index >= 15 is 0 Å². The van der Waals surface area contributed by atoms with Crippen LogP contribution in [-0.2, 0) is 14.4 Å². The number of carbonyl (C=O) groups is 3. The molecule has 25 heavy (non-hydrogen) atoms. The lowest BCUT2D eigenvalue weighted by Gasteiger charge is -2.08. The molecule has 0 aliphatic heterocycles. The lowest BCUT2D eigenvalue weighted by atomic mass is 10.2. The normalized spacial score (nSPS) is 8.68. The Labute approximate surface area is 146 Å². The number of carboxylic acid groups (broad SMARTS) is 1. The van der Waals surface area contributed by atoms with E-state index in [0.29, 0.717) is 18.6 Å². The number of rotatable bonds is 8. The molecule has 0 aliphatic carbocycles. The summed E-state index contributed by atoms with van der Waals surface area (Å²) in [5.41, 5.74) is 5.62. The van der Waals surface area contributed by atoms with Crippen molar-refractivity contribution < 1.29 is 28.7 Å². The zero-order chi connectivity index (χ0) is 19.7. The fraction of sp³-hybridized carbons (Fsp3) is 0.438. The van der Waals surface area contributed by atoms with Crippen molar-refractivity contribution in [3.63, 3.8) is 0 Å². The van der Waals surface area contributed by atoms with Gasteiger partial charge in [-0.1, -0.05) is 29.1 Å². The summed E-state index contributed by atoms with van der Waals surface area (Å²) in [4.78, 5) is 30.4. The van der Waals surface area contributed by atoms with Gasteiger partial charge in [0.15, 0.2) is 6.61 Å². The minimum atomic E-state index is -0.962. The Morgan fingerprint density at radius 2 is 1.88 bits per heavy atom. The maximum Gasteiger partial charge on any atom is 0.341 e. The second kappa shape index (κ2) is 16.2. The van der Waals surface area contributed by atoms with Gasteiger partial charge in [-0.05, 0) is 32.5 Å². The summed E-state index contributed by atoms with van der Waals surface area (Å²) in [6, 6.07) is 7.24. The Morgan fingerprint density at radius 3 is 2.32 bits per heavy atom. The van der Waals surface area contributed by atoms with E-state index in [1.807, 2.05) is 19.1 Å². The Balaban J connectivity index is 0. The number of amides is 2. The first-order valence-corrected chi connectivity index (χ1v) is 7.52. The topological polar surface area (TPSA) is 122 Å². The molecule has 0 unspecified atom stereocenters. The molecule has 0 spiro atoms. The van der Waals surface area contributed by atoms with Crippen molar-refractivity contribution in [2.45, 2.75) is 20.3 Å². The van der Waals surface area contributed by atoms with Crippen molar-refractivity contribution in [2.75, 3.05) is 26.7 Å². The predicted octanol–water partition coefficient (Wildman–Crippen LogP) is 0.889. The third-order valence-electron chi connectivity index (χ3n) is 2.41. The van der Waals surface area contributed by atoms with Gasteiger partial charge in [0, 0.05) is 0 Å². The fourth-order valence-electron chi connectivity index (χ4n) is 1.32. The number of aryl methyl sites for hydroxylation is 1. The van der Waals surface area contributed by atoms with Crippen LogP contribution in [0.3, 0.4) is 0 Å². The molecule has 0 heterocycles. The van der Waals surface area contributed by atoms with E-state index in [2.05, 4.69) is 11.1 Å². The third kappa shape index (κ3) is 14.6. The number of nitrogens with zero attached hydrogens (tertiary/aromatic N) is 1. The molecule has 142 valence electrons. The minimum absolute atomic E-state index is 0.0688. The number of hydrogen-bond donors (Lipinski definition) is 3. The molecular weight excluding hydrogens is 333 g/mol. The first-order valence-electron chi connectivity index (χ1n) is 7.52. The van der Waals surface area contributed by atoms with Crippen LogP contribution in [0.4, 0.5) is 4.48 Å². The summed E-state index contributed by atoms with van der Waals surface area (Å²) in [5.74, 6) is -1.10. The largest absolute Gasteiger partial charge is 0.482 e. The van der Waals surface area contributed by atoms with Gasteiger partial charge in [0.25, 0.3) is 5.91 Å². The molecule has 0 saturated carbocycles. The molecule has 0 aliphatic rings. The third-order valence-corrected chi connectivity index (χ3v) is 2.41. The molecule has 0 fully saturated rings. The van der Waals surface area contributed by atoms with Crippen LogP contribution < -0.4 is 15.8 Å².